The molecule has 6 nitrogen and oxygen atoms in total. The van der Waals surface area contributed by atoms with E-state index in [0.29, 0.717) is 0 Å². The number of hydrogen-bond donors (Lipinski definition) is 2. The maximum absolute atomic E-state index is 12.9. The number of nitrogens with one attached hydrogen (secondary N) is 2. The van der Waals surface area contributed by atoms with Crippen molar-refractivity contribution < 1.29 is 4.79 Å². The van der Waals surface area contributed by atoms with Crippen LogP contribution in [0.3, 0.4) is 0 Å². The molecular weight excluding hydrogens is 290 g/mol. The van der Waals surface area contributed by atoms with Gasteiger partial charge in [0.15, 0.2) is 0 Å². The van der Waals surface area contributed by atoms with Crippen LogP contribution in [0, 0.1) is 13.8 Å². The van der Waals surface area contributed by atoms with Gasteiger partial charge in [0.25, 0.3) is 5.91 Å². The summed E-state index contributed by atoms with van der Waals surface area (Å²) >= 11 is 0. The van der Waals surface area contributed by atoms with Crippen LogP contribution in [-0.4, -0.2) is 26.3 Å². The van der Waals surface area contributed by atoms with Gasteiger partial charge in [-0.05, 0) is 49.9 Å². The number of aromatic nitrogens is 3. The maximum atomic E-state index is 12.9. The summed E-state index contributed by atoms with van der Waals surface area (Å²) in [5.74, 6) is -0.0322. The van der Waals surface area contributed by atoms with Crippen LogP contribution < -0.4 is 10.7 Å². The molecule has 0 unspecified atom stereocenters. The maximum Gasteiger partial charge on any atom is 0.264 e. The molecule has 0 saturated heterocycles. The molecule has 0 radical (unpaired) electrons. The van der Waals surface area contributed by atoms with E-state index in [2.05, 4.69) is 46.9 Å². The van der Waals surface area contributed by atoms with E-state index in [4.69, 9.17) is 0 Å². The number of carbonyl (C=O) groups is 1. The van der Waals surface area contributed by atoms with E-state index in [1.165, 1.54) is 34.9 Å². The van der Waals surface area contributed by atoms with Gasteiger partial charge in [0, 0.05) is 5.69 Å². The van der Waals surface area contributed by atoms with Crippen LogP contribution in [0.1, 0.15) is 43.2 Å². The fourth-order valence-electron chi connectivity index (χ4n) is 3.14. The predicted octanol–water partition coefficient (Wildman–Crippen LogP) is 2.78. The molecule has 1 heterocycles. The number of anilines is 1. The molecule has 1 aromatic heterocycles. The first-order valence-corrected chi connectivity index (χ1v) is 8.11. The Labute approximate surface area is 136 Å². The molecule has 6 heteroatoms. The zero-order valence-corrected chi connectivity index (χ0v) is 13.7. The zero-order valence-electron chi connectivity index (χ0n) is 13.7. The molecule has 122 valence electrons. The van der Waals surface area contributed by atoms with E-state index >= 15 is 0 Å². The Morgan fingerprint density at radius 3 is 2.43 bits per heavy atom. The van der Waals surface area contributed by atoms with Crippen LogP contribution in [0.5, 0.6) is 0 Å². The van der Waals surface area contributed by atoms with E-state index in [9.17, 15) is 4.79 Å². The fraction of sp³-hybridized carbons (Fsp3) is 0.471. The Morgan fingerprint density at radius 1 is 1.09 bits per heavy atom. The summed E-state index contributed by atoms with van der Waals surface area (Å²) in [4.78, 5) is 12.9. The lowest BCUT2D eigenvalue weighted by atomic mass is 9.80. The molecule has 0 spiro atoms. The average Bonchev–Trinajstić information content (AvgIpc) is 3.05. The molecule has 2 aromatic rings. The van der Waals surface area contributed by atoms with E-state index in [-0.39, 0.29) is 5.91 Å². The molecule has 3 rings (SSSR count). The highest BCUT2D eigenvalue weighted by Crippen LogP contribution is 2.32. The first-order chi connectivity index (χ1) is 11.1. The van der Waals surface area contributed by atoms with Gasteiger partial charge in [0.2, 0.25) is 0 Å². The van der Waals surface area contributed by atoms with Crippen molar-refractivity contribution in [3.8, 4) is 0 Å². The van der Waals surface area contributed by atoms with Crippen molar-refractivity contribution in [1.82, 2.24) is 14.9 Å². The molecule has 1 fully saturated rings. The van der Waals surface area contributed by atoms with Gasteiger partial charge in [-0.15, -0.1) is 10.2 Å². The van der Waals surface area contributed by atoms with E-state index < -0.39 is 5.54 Å². The standard InChI is InChI=1S/C17H23N5O/c1-13-6-7-15(10-14(13)2)20-17(8-4-3-5-9-17)16(23)21-22-11-18-19-12-22/h6-7,10-12,20H,3-5,8-9H2,1-2H3,(H,21,23). The molecule has 0 bridgehead atoms. The first-order valence-electron chi connectivity index (χ1n) is 8.11. The number of benzene rings is 1. The van der Waals surface area contributed by atoms with Crippen molar-refractivity contribution in [2.75, 3.05) is 10.7 Å². The highest BCUT2D eigenvalue weighted by molar-refractivity contribution is 5.95. The van der Waals surface area contributed by atoms with Crippen molar-refractivity contribution in [3.05, 3.63) is 42.0 Å². The minimum Gasteiger partial charge on any atom is -0.371 e. The molecule has 0 atom stereocenters. The van der Waals surface area contributed by atoms with Crippen molar-refractivity contribution in [2.24, 2.45) is 0 Å². The van der Waals surface area contributed by atoms with Crippen molar-refractivity contribution in [1.29, 1.82) is 0 Å². The topological polar surface area (TPSA) is 71.8 Å². The molecular formula is C17H23N5O. The second-order valence-electron chi connectivity index (χ2n) is 6.38. The lowest BCUT2D eigenvalue weighted by Gasteiger charge is -2.37. The number of hydrogen-bond acceptors (Lipinski definition) is 4. The number of carbonyl (C=O) groups excluding carboxylic acids is 1. The van der Waals surface area contributed by atoms with Crippen LogP contribution >= 0.6 is 0 Å². The zero-order chi connectivity index (χ0) is 16.3. The number of nitrogens with zero attached hydrogens (tertiary/aromatic N) is 3. The first kappa shape index (κ1) is 15.5. The largest absolute Gasteiger partial charge is 0.371 e. The van der Waals surface area contributed by atoms with E-state index in [1.807, 2.05) is 6.07 Å². The van der Waals surface area contributed by atoms with E-state index in [1.54, 1.807) is 0 Å². The molecule has 1 aliphatic rings. The van der Waals surface area contributed by atoms with Gasteiger partial charge in [-0.2, -0.15) is 0 Å². The third-order valence-electron chi connectivity index (χ3n) is 4.68. The Bertz CT molecular complexity index is 674. The Morgan fingerprint density at radius 2 is 1.78 bits per heavy atom. The minimum absolute atomic E-state index is 0.0322. The molecule has 1 amide bonds. The quantitative estimate of drug-likeness (QED) is 0.910. The van der Waals surface area contributed by atoms with Crippen LogP contribution in [0.2, 0.25) is 0 Å². The highest BCUT2D eigenvalue weighted by Gasteiger charge is 2.39. The Balaban J connectivity index is 1.83. The summed E-state index contributed by atoms with van der Waals surface area (Å²) in [5.41, 5.74) is 5.76. The SMILES string of the molecule is Cc1ccc(NC2(C(=O)Nn3cnnc3)CCCCC2)cc1C. The van der Waals surface area contributed by atoms with Crippen LogP contribution in [0.25, 0.3) is 0 Å². The summed E-state index contributed by atoms with van der Waals surface area (Å²) in [6.45, 7) is 4.18. The summed E-state index contributed by atoms with van der Waals surface area (Å²) in [5, 5.41) is 11.0. The smallest absolute Gasteiger partial charge is 0.264 e. The van der Waals surface area contributed by atoms with Crippen molar-refractivity contribution >= 4 is 11.6 Å². The summed E-state index contributed by atoms with van der Waals surface area (Å²) < 4.78 is 1.50. The number of aryl methyl sites for hydroxylation is 2. The van der Waals surface area contributed by atoms with Crippen molar-refractivity contribution in [3.63, 3.8) is 0 Å². The van der Waals surface area contributed by atoms with E-state index in [0.717, 1.165) is 31.4 Å². The molecule has 2 N–H and O–H groups in total. The fourth-order valence-corrected chi connectivity index (χ4v) is 3.14. The van der Waals surface area contributed by atoms with Gasteiger partial charge < -0.3 is 5.32 Å². The second kappa shape index (κ2) is 6.40. The summed E-state index contributed by atoms with van der Waals surface area (Å²) in [6.07, 6.45) is 7.91. The van der Waals surface area contributed by atoms with Gasteiger partial charge >= 0.3 is 0 Å². The molecule has 1 aliphatic carbocycles. The molecule has 1 saturated carbocycles. The van der Waals surface area contributed by atoms with Crippen LogP contribution in [0.4, 0.5) is 5.69 Å². The van der Waals surface area contributed by atoms with Crippen LogP contribution in [-0.2, 0) is 4.79 Å². The van der Waals surface area contributed by atoms with Crippen molar-refractivity contribution in [2.45, 2.75) is 51.5 Å². The van der Waals surface area contributed by atoms with Gasteiger partial charge in [0.05, 0.1) is 0 Å². The predicted molar refractivity (Wildman–Crippen MR) is 89.7 cm³/mol. The third kappa shape index (κ3) is 3.36. The second-order valence-corrected chi connectivity index (χ2v) is 6.38. The average molecular weight is 313 g/mol. The lowest BCUT2D eigenvalue weighted by Crippen LogP contribution is -2.52. The lowest BCUT2D eigenvalue weighted by molar-refractivity contribution is -0.122. The van der Waals surface area contributed by atoms with Gasteiger partial charge in [0.1, 0.15) is 18.2 Å². The monoisotopic (exact) mass is 313 g/mol. The van der Waals surface area contributed by atoms with Gasteiger partial charge in [-0.1, -0.05) is 25.3 Å². The molecule has 0 aliphatic heterocycles. The molecule has 23 heavy (non-hydrogen) atoms. The normalized spacial score (nSPS) is 16.8. The summed E-state index contributed by atoms with van der Waals surface area (Å²) in [7, 11) is 0. The molecule has 1 aromatic carbocycles. The Kier molecular flexibility index (Phi) is 4.32. The number of amides is 1. The number of rotatable bonds is 4. The van der Waals surface area contributed by atoms with Gasteiger partial charge in [-0.3, -0.25) is 10.2 Å². The minimum atomic E-state index is -0.579. The Hall–Kier alpha value is -2.37. The highest BCUT2D eigenvalue weighted by atomic mass is 16.2. The van der Waals surface area contributed by atoms with Crippen LogP contribution in [0.15, 0.2) is 30.9 Å². The van der Waals surface area contributed by atoms with Gasteiger partial charge in [-0.25, -0.2) is 4.68 Å². The third-order valence-corrected chi connectivity index (χ3v) is 4.68. The summed E-state index contributed by atoms with van der Waals surface area (Å²) in [6, 6.07) is 6.24.